The van der Waals surface area contributed by atoms with E-state index in [4.69, 9.17) is 11.6 Å². The molecular weight excluding hydrogens is 363 g/mol. The summed E-state index contributed by atoms with van der Waals surface area (Å²) in [6.07, 6.45) is -4.67. The van der Waals surface area contributed by atoms with Crippen molar-refractivity contribution in [3.05, 3.63) is 40.2 Å². The molecule has 0 aliphatic rings. The van der Waals surface area contributed by atoms with Gasteiger partial charge in [0.2, 0.25) is 0 Å². The maximum atomic E-state index is 12.9. The van der Waals surface area contributed by atoms with Crippen molar-refractivity contribution in [2.75, 3.05) is 11.8 Å². The minimum atomic E-state index is -4.67. The SMILES string of the molecule is COc1ccc(NS(=O)(=O)c2ccc(Cl)s2)cc1C(F)(F)F. The van der Waals surface area contributed by atoms with Gasteiger partial charge >= 0.3 is 6.18 Å². The van der Waals surface area contributed by atoms with Gasteiger partial charge in [-0.2, -0.15) is 13.2 Å². The number of hydrogen-bond acceptors (Lipinski definition) is 4. The number of nitrogens with one attached hydrogen (secondary N) is 1. The second-order valence-corrected chi connectivity index (χ2v) is 7.70. The summed E-state index contributed by atoms with van der Waals surface area (Å²) in [5.41, 5.74) is -1.29. The summed E-state index contributed by atoms with van der Waals surface area (Å²) in [7, 11) is -2.90. The predicted octanol–water partition coefficient (Wildman–Crippen LogP) is 4.23. The van der Waals surface area contributed by atoms with E-state index in [2.05, 4.69) is 9.46 Å². The summed E-state index contributed by atoms with van der Waals surface area (Å²) in [5, 5.41) is 0. The first-order valence-electron chi connectivity index (χ1n) is 5.67. The Hall–Kier alpha value is -1.45. The number of sulfonamides is 1. The Bertz CT molecular complexity index is 787. The van der Waals surface area contributed by atoms with Crippen LogP contribution in [0.15, 0.2) is 34.5 Å². The number of anilines is 1. The highest BCUT2D eigenvalue weighted by atomic mass is 35.5. The van der Waals surface area contributed by atoms with Gasteiger partial charge in [-0.05, 0) is 30.3 Å². The van der Waals surface area contributed by atoms with E-state index in [9.17, 15) is 21.6 Å². The van der Waals surface area contributed by atoms with Crippen molar-refractivity contribution in [1.82, 2.24) is 0 Å². The number of methoxy groups -OCH3 is 1. The average molecular weight is 372 g/mol. The fourth-order valence-corrected chi connectivity index (χ4v) is 4.17. The second-order valence-electron chi connectivity index (χ2n) is 4.08. The first kappa shape index (κ1) is 16.9. The molecular formula is C12H9ClF3NO3S2. The van der Waals surface area contributed by atoms with E-state index < -0.39 is 27.5 Å². The van der Waals surface area contributed by atoms with Crippen LogP contribution in [0.3, 0.4) is 0 Å². The van der Waals surface area contributed by atoms with Crippen molar-refractivity contribution >= 4 is 38.6 Å². The molecule has 0 spiro atoms. The number of benzene rings is 1. The van der Waals surface area contributed by atoms with Gasteiger partial charge in [-0.3, -0.25) is 4.72 Å². The molecule has 0 aliphatic heterocycles. The number of halogens is 4. The topological polar surface area (TPSA) is 55.4 Å². The maximum absolute atomic E-state index is 12.9. The predicted molar refractivity (Wildman–Crippen MR) is 78.1 cm³/mol. The summed E-state index contributed by atoms with van der Waals surface area (Å²) in [5.74, 6) is -0.394. The zero-order valence-corrected chi connectivity index (χ0v) is 13.3. The van der Waals surface area contributed by atoms with E-state index in [1.54, 1.807) is 0 Å². The first-order chi connectivity index (χ1) is 10.1. The zero-order valence-electron chi connectivity index (χ0n) is 10.9. The second kappa shape index (κ2) is 5.98. The third-order valence-electron chi connectivity index (χ3n) is 2.57. The molecule has 0 aliphatic carbocycles. The molecule has 0 amide bonds. The average Bonchev–Trinajstić information content (AvgIpc) is 2.85. The van der Waals surface area contributed by atoms with Gasteiger partial charge in [0.1, 0.15) is 9.96 Å². The molecule has 0 bridgehead atoms. The first-order valence-corrected chi connectivity index (χ1v) is 8.34. The van der Waals surface area contributed by atoms with Crippen molar-refractivity contribution in [1.29, 1.82) is 0 Å². The number of thiophene rings is 1. The van der Waals surface area contributed by atoms with Gasteiger partial charge in [0.05, 0.1) is 17.0 Å². The van der Waals surface area contributed by atoms with Crippen LogP contribution in [-0.2, 0) is 16.2 Å². The molecule has 1 aromatic heterocycles. The minimum absolute atomic E-state index is 0.0955. The number of hydrogen-bond donors (Lipinski definition) is 1. The Kier molecular flexibility index (Phi) is 4.59. The van der Waals surface area contributed by atoms with Crippen molar-refractivity contribution in [2.24, 2.45) is 0 Å². The Labute approximate surface area is 133 Å². The monoisotopic (exact) mass is 371 g/mol. The molecule has 22 heavy (non-hydrogen) atoms. The van der Waals surface area contributed by atoms with E-state index in [1.165, 1.54) is 18.2 Å². The molecule has 1 aromatic carbocycles. The van der Waals surface area contributed by atoms with E-state index in [-0.39, 0.29) is 14.2 Å². The molecule has 0 unspecified atom stereocenters. The molecule has 0 saturated carbocycles. The van der Waals surface area contributed by atoms with Crippen LogP contribution in [0.2, 0.25) is 4.34 Å². The smallest absolute Gasteiger partial charge is 0.420 e. The van der Waals surface area contributed by atoms with Crippen molar-refractivity contribution in [3.8, 4) is 5.75 Å². The highest BCUT2D eigenvalue weighted by Gasteiger charge is 2.35. The van der Waals surface area contributed by atoms with Crippen LogP contribution in [-0.4, -0.2) is 15.5 Å². The molecule has 1 heterocycles. The fourth-order valence-electron chi connectivity index (χ4n) is 1.64. The van der Waals surface area contributed by atoms with Crippen LogP contribution in [0.5, 0.6) is 5.75 Å². The Balaban J connectivity index is 2.38. The van der Waals surface area contributed by atoms with Crippen molar-refractivity contribution in [2.45, 2.75) is 10.4 Å². The third-order valence-corrected chi connectivity index (χ3v) is 5.67. The lowest BCUT2D eigenvalue weighted by atomic mass is 10.1. The molecule has 0 saturated heterocycles. The molecule has 10 heteroatoms. The summed E-state index contributed by atoms with van der Waals surface area (Å²) in [6, 6.07) is 5.55. The van der Waals surface area contributed by atoms with Crippen LogP contribution < -0.4 is 9.46 Å². The van der Waals surface area contributed by atoms with Gasteiger partial charge in [0, 0.05) is 5.69 Å². The lowest BCUT2D eigenvalue weighted by molar-refractivity contribution is -0.138. The third kappa shape index (κ3) is 3.65. The van der Waals surface area contributed by atoms with Gasteiger partial charge in [-0.25, -0.2) is 8.42 Å². The number of alkyl halides is 3. The van der Waals surface area contributed by atoms with Crippen molar-refractivity contribution < 1.29 is 26.3 Å². The largest absolute Gasteiger partial charge is 0.496 e. The summed E-state index contributed by atoms with van der Waals surface area (Å²) < 4.78 is 69.7. The van der Waals surface area contributed by atoms with Crippen molar-refractivity contribution in [3.63, 3.8) is 0 Å². The normalized spacial score (nSPS) is 12.2. The molecule has 2 rings (SSSR count). The Morgan fingerprint density at radius 3 is 2.41 bits per heavy atom. The number of ether oxygens (including phenoxy) is 1. The quantitative estimate of drug-likeness (QED) is 0.875. The summed E-state index contributed by atoms with van der Waals surface area (Å²) in [6.45, 7) is 0. The van der Waals surface area contributed by atoms with Crippen LogP contribution in [0.25, 0.3) is 0 Å². The van der Waals surface area contributed by atoms with Gasteiger partial charge < -0.3 is 4.74 Å². The van der Waals surface area contributed by atoms with Crippen LogP contribution in [0.1, 0.15) is 5.56 Å². The van der Waals surface area contributed by atoms with Crippen LogP contribution >= 0.6 is 22.9 Å². The van der Waals surface area contributed by atoms with E-state index in [0.29, 0.717) is 6.07 Å². The molecule has 0 fully saturated rings. The van der Waals surface area contributed by atoms with Crippen LogP contribution in [0, 0.1) is 0 Å². The molecule has 0 radical (unpaired) electrons. The standard InChI is InChI=1S/C12H9ClF3NO3S2/c1-20-9-3-2-7(6-8(9)12(14,15)16)17-22(18,19)11-5-4-10(13)21-11/h2-6,17H,1H3. The lowest BCUT2D eigenvalue weighted by Crippen LogP contribution is -2.13. The number of rotatable bonds is 4. The van der Waals surface area contributed by atoms with Gasteiger partial charge in [-0.15, -0.1) is 11.3 Å². The van der Waals surface area contributed by atoms with E-state index in [1.807, 2.05) is 0 Å². The highest BCUT2D eigenvalue weighted by Crippen LogP contribution is 2.38. The summed E-state index contributed by atoms with van der Waals surface area (Å²) >= 11 is 6.45. The molecule has 0 atom stereocenters. The molecule has 2 aromatic rings. The molecule has 120 valence electrons. The zero-order chi connectivity index (χ0) is 16.5. The summed E-state index contributed by atoms with van der Waals surface area (Å²) in [4.78, 5) is 0. The van der Waals surface area contributed by atoms with E-state index in [0.717, 1.165) is 24.5 Å². The van der Waals surface area contributed by atoms with Crippen LogP contribution in [0.4, 0.5) is 18.9 Å². The lowest BCUT2D eigenvalue weighted by Gasteiger charge is -2.14. The Morgan fingerprint density at radius 2 is 1.91 bits per heavy atom. The highest BCUT2D eigenvalue weighted by molar-refractivity contribution is 7.94. The molecule has 4 nitrogen and oxygen atoms in total. The van der Waals surface area contributed by atoms with Gasteiger partial charge in [-0.1, -0.05) is 11.6 Å². The minimum Gasteiger partial charge on any atom is -0.496 e. The Morgan fingerprint density at radius 1 is 1.23 bits per heavy atom. The van der Waals surface area contributed by atoms with Gasteiger partial charge in [0.15, 0.2) is 0 Å². The maximum Gasteiger partial charge on any atom is 0.420 e. The van der Waals surface area contributed by atoms with E-state index >= 15 is 0 Å². The fraction of sp³-hybridized carbons (Fsp3) is 0.167. The molecule has 1 N–H and O–H groups in total. The van der Waals surface area contributed by atoms with Gasteiger partial charge in [0.25, 0.3) is 10.0 Å².